The predicted octanol–water partition coefficient (Wildman–Crippen LogP) is 6.93. The summed E-state index contributed by atoms with van der Waals surface area (Å²) in [6.07, 6.45) is 5.43. The van der Waals surface area contributed by atoms with Crippen molar-refractivity contribution < 1.29 is 13.5 Å². The molecular formula is C24H25F2NO. The Hall–Kier alpha value is -2.67. The summed E-state index contributed by atoms with van der Waals surface area (Å²) in [6.45, 7) is 3.79. The summed E-state index contributed by atoms with van der Waals surface area (Å²) in [4.78, 5) is 0. The first-order chi connectivity index (χ1) is 13.5. The first-order valence-corrected chi connectivity index (χ1v) is 9.80. The Kier molecular flexibility index (Phi) is 6.46. The molecule has 0 aromatic heterocycles. The summed E-state index contributed by atoms with van der Waals surface area (Å²) in [7, 11) is 0. The van der Waals surface area contributed by atoms with Crippen LogP contribution in [0.2, 0.25) is 0 Å². The molecule has 0 spiro atoms. The number of benzene rings is 2. The molecule has 2 nitrogen and oxygen atoms in total. The van der Waals surface area contributed by atoms with Crippen molar-refractivity contribution >= 4 is 0 Å². The van der Waals surface area contributed by atoms with E-state index in [4.69, 9.17) is 10.00 Å². The molecule has 146 valence electrons. The molecule has 0 radical (unpaired) electrons. The van der Waals surface area contributed by atoms with E-state index in [0.717, 1.165) is 30.7 Å². The minimum absolute atomic E-state index is 0.0333. The second kappa shape index (κ2) is 9.01. The van der Waals surface area contributed by atoms with E-state index in [1.807, 2.05) is 12.1 Å². The van der Waals surface area contributed by atoms with Gasteiger partial charge in [0.15, 0.2) is 0 Å². The number of alkyl halides is 2. The van der Waals surface area contributed by atoms with Crippen LogP contribution in [0.1, 0.15) is 61.1 Å². The van der Waals surface area contributed by atoms with Crippen LogP contribution in [0.3, 0.4) is 0 Å². The lowest BCUT2D eigenvalue weighted by molar-refractivity contribution is -0.185. The Labute approximate surface area is 165 Å². The van der Waals surface area contributed by atoms with Gasteiger partial charge in [0, 0.05) is 0 Å². The Balaban J connectivity index is 1.61. The van der Waals surface area contributed by atoms with Gasteiger partial charge in [-0.25, -0.2) is 0 Å². The van der Waals surface area contributed by atoms with Crippen LogP contribution < -0.4 is 4.74 Å². The third-order valence-corrected chi connectivity index (χ3v) is 5.57. The Morgan fingerprint density at radius 2 is 1.68 bits per heavy atom. The highest BCUT2D eigenvalue weighted by molar-refractivity contribution is 5.35. The molecule has 0 heterocycles. The van der Waals surface area contributed by atoms with Gasteiger partial charge < -0.3 is 4.74 Å². The van der Waals surface area contributed by atoms with Crippen LogP contribution >= 0.6 is 0 Å². The van der Waals surface area contributed by atoms with Crippen LogP contribution in [0.25, 0.3) is 0 Å². The van der Waals surface area contributed by atoms with Crippen LogP contribution in [0.4, 0.5) is 8.78 Å². The van der Waals surface area contributed by atoms with Crippen LogP contribution in [0, 0.1) is 17.2 Å². The number of allylic oxidation sites excluding steroid dienone is 1. The van der Waals surface area contributed by atoms with Gasteiger partial charge in [-0.2, -0.15) is 14.0 Å². The van der Waals surface area contributed by atoms with Gasteiger partial charge in [0.25, 0.3) is 0 Å². The highest BCUT2D eigenvalue weighted by atomic mass is 19.3. The molecule has 0 unspecified atom stereocenters. The molecule has 2 aromatic carbocycles. The fraction of sp³-hybridized carbons (Fsp3) is 0.375. The summed E-state index contributed by atoms with van der Waals surface area (Å²) >= 11 is 0. The molecule has 1 fully saturated rings. The average Bonchev–Trinajstić information content (AvgIpc) is 2.73. The quantitative estimate of drug-likeness (QED) is 0.487. The van der Waals surface area contributed by atoms with Crippen LogP contribution in [0.5, 0.6) is 5.75 Å². The highest BCUT2D eigenvalue weighted by Crippen LogP contribution is 2.39. The summed E-state index contributed by atoms with van der Waals surface area (Å²) < 4.78 is 33.8. The highest BCUT2D eigenvalue weighted by Gasteiger charge is 2.34. The van der Waals surface area contributed by atoms with E-state index in [2.05, 4.69) is 6.58 Å². The Morgan fingerprint density at radius 3 is 2.25 bits per heavy atom. The monoisotopic (exact) mass is 381 g/mol. The smallest absolute Gasteiger partial charge is 0.426 e. The average molecular weight is 381 g/mol. The molecule has 0 N–H and O–H groups in total. The minimum atomic E-state index is -3.42. The summed E-state index contributed by atoms with van der Waals surface area (Å²) in [5.74, 6) is 1.24. The van der Waals surface area contributed by atoms with E-state index < -0.39 is 6.11 Å². The molecule has 0 amide bonds. The number of nitrogens with zero attached hydrogens (tertiary/aromatic N) is 1. The van der Waals surface area contributed by atoms with Gasteiger partial charge in [-0.05, 0) is 92.3 Å². The topological polar surface area (TPSA) is 33.0 Å². The van der Waals surface area contributed by atoms with E-state index >= 15 is 0 Å². The lowest BCUT2D eigenvalue weighted by atomic mass is 9.77. The maximum absolute atomic E-state index is 14.5. The normalized spacial score (nSPS) is 19.6. The molecule has 2 aromatic rings. The van der Waals surface area contributed by atoms with Gasteiger partial charge in [0.05, 0.1) is 17.2 Å². The fourth-order valence-corrected chi connectivity index (χ4v) is 3.89. The van der Waals surface area contributed by atoms with Gasteiger partial charge >= 0.3 is 6.11 Å². The Morgan fingerprint density at radius 1 is 1.04 bits per heavy atom. The number of ether oxygens (including phenoxy) is 1. The summed E-state index contributed by atoms with van der Waals surface area (Å²) in [5.41, 5.74) is 1.36. The third kappa shape index (κ3) is 4.98. The van der Waals surface area contributed by atoms with Crippen molar-refractivity contribution in [3.8, 4) is 11.8 Å². The second-order valence-corrected chi connectivity index (χ2v) is 7.46. The number of halogens is 2. The molecule has 1 saturated carbocycles. The van der Waals surface area contributed by atoms with E-state index in [0.29, 0.717) is 11.5 Å². The lowest BCUT2D eigenvalue weighted by Gasteiger charge is -2.29. The molecule has 4 heteroatoms. The maximum atomic E-state index is 14.5. The molecule has 0 aliphatic heterocycles. The molecule has 0 atom stereocenters. The lowest BCUT2D eigenvalue weighted by Crippen LogP contribution is -2.22. The summed E-state index contributed by atoms with van der Waals surface area (Å²) in [6, 6.07) is 14.2. The van der Waals surface area contributed by atoms with Crippen molar-refractivity contribution in [1.82, 2.24) is 0 Å². The van der Waals surface area contributed by atoms with Crippen molar-refractivity contribution in [1.29, 1.82) is 5.26 Å². The largest absolute Gasteiger partial charge is 0.429 e. The zero-order valence-electron chi connectivity index (χ0n) is 15.9. The molecule has 0 saturated heterocycles. The molecule has 0 bridgehead atoms. The van der Waals surface area contributed by atoms with Gasteiger partial charge in [0.2, 0.25) is 0 Å². The van der Waals surface area contributed by atoms with Gasteiger partial charge in [-0.15, -0.1) is 6.58 Å². The Bertz CT molecular complexity index is 813. The van der Waals surface area contributed by atoms with Gasteiger partial charge in [0.1, 0.15) is 5.75 Å². The predicted molar refractivity (Wildman–Crippen MR) is 106 cm³/mol. The van der Waals surface area contributed by atoms with Crippen LogP contribution in [-0.2, 0) is 6.11 Å². The van der Waals surface area contributed by atoms with Crippen molar-refractivity contribution in [3.05, 3.63) is 77.9 Å². The number of rotatable bonds is 7. The van der Waals surface area contributed by atoms with Crippen LogP contribution in [0.15, 0.2) is 61.2 Å². The molecule has 28 heavy (non-hydrogen) atoms. The zero-order chi connectivity index (χ0) is 20.0. The molecule has 1 aliphatic rings. The van der Waals surface area contributed by atoms with Gasteiger partial charge in [-0.1, -0.05) is 18.2 Å². The number of nitriles is 1. The third-order valence-electron chi connectivity index (χ3n) is 5.57. The maximum Gasteiger partial charge on any atom is 0.426 e. The van der Waals surface area contributed by atoms with E-state index in [-0.39, 0.29) is 11.3 Å². The van der Waals surface area contributed by atoms with Crippen molar-refractivity contribution in [2.24, 2.45) is 5.92 Å². The van der Waals surface area contributed by atoms with Crippen molar-refractivity contribution in [2.75, 3.05) is 0 Å². The summed E-state index contributed by atoms with van der Waals surface area (Å²) in [5, 5.41) is 8.78. The van der Waals surface area contributed by atoms with Crippen LogP contribution in [-0.4, -0.2) is 0 Å². The first-order valence-electron chi connectivity index (χ1n) is 9.80. The molecular weight excluding hydrogens is 356 g/mol. The van der Waals surface area contributed by atoms with Gasteiger partial charge in [-0.3, -0.25) is 0 Å². The number of hydrogen-bond donors (Lipinski definition) is 0. The second-order valence-electron chi connectivity index (χ2n) is 7.46. The zero-order valence-corrected chi connectivity index (χ0v) is 15.9. The molecule has 3 rings (SSSR count). The van der Waals surface area contributed by atoms with E-state index in [9.17, 15) is 8.78 Å². The molecule has 1 aliphatic carbocycles. The number of hydrogen-bond acceptors (Lipinski definition) is 2. The van der Waals surface area contributed by atoms with E-state index in [1.165, 1.54) is 55.7 Å². The van der Waals surface area contributed by atoms with Crippen molar-refractivity contribution in [3.63, 3.8) is 0 Å². The standard InChI is InChI=1S/C24H25F2NO/c1-2-3-4-18-5-9-20(10-6-18)21-11-13-22(14-12-21)24(25,26)28-23-15-7-19(17-27)8-16-23/h2,7-8,11-16,18,20H,1,3-6,9-10H2. The van der Waals surface area contributed by atoms with E-state index in [1.54, 1.807) is 12.1 Å². The first kappa shape index (κ1) is 20.1. The minimum Gasteiger partial charge on any atom is -0.429 e. The fourth-order valence-electron chi connectivity index (χ4n) is 3.89. The van der Waals surface area contributed by atoms with Crippen molar-refractivity contribution in [2.45, 2.75) is 50.6 Å². The SMILES string of the molecule is C=CCCC1CCC(c2ccc(C(F)(F)Oc3ccc(C#N)cc3)cc2)CC1.